The number of hydrogen-bond donors (Lipinski definition) is 0. The van der Waals surface area contributed by atoms with Crippen LogP contribution in [0, 0.1) is 0 Å². The highest BCUT2D eigenvalue weighted by atomic mass is 79.9. The minimum absolute atomic E-state index is 0.0440. The van der Waals surface area contributed by atoms with Gasteiger partial charge in [-0.2, -0.15) is 0 Å². The van der Waals surface area contributed by atoms with Gasteiger partial charge >= 0.3 is 6.09 Å². The summed E-state index contributed by atoms with van der Waals surface area (Å²) < 4.78 is 4.86. The van der Waals surface area contributed by atoms with E-state index < -0.39 is 0 Å². The monoisotopic (exact) mass is 193 g/mol. The zero-order valence-electron chi connectivity index (χ0n) is 5.13. The lowest BCUT2D eigenvalue weighted by atomic mass is 10.4. The first-order valence-electron chi connectivity index (χ1n) is 2.71. The molecule has 0 N–H and O–H groups in total. The fourth-order valence-corrected chi connectivity index (χ4v) is 1.07. The van der Waals surface area contributed by atoms with Gasteiger partial charge in [0.05, 0.1) is 6.54 Å². The van der Waals surface area contributed by atoms with Crippen molar-refractivity contribution < 1.29 is 9.53 Å². The Morgan fingerprint density at radius 1 is 2.00 bits per heavy atom. The molecule has 3 nitrogen and oxygen atoms in total. The number of amides is 1. The molecule has 1 aliphatic heterocycles. The van der Waals surface area contributed by atoms with E-state index in [-0.39, 0.29) is 12.2 Å². The van der Waals surface area contributed by atoms with E-state index >= 15 is 0 Å². The molecule has 0 aromatic rings. The van der Waals surface area contributed by atoms with Gasteiger partial charge in [-0.05, 0) is 0 Å². The minimum Gasteiger partial charge on any atom is -0.443 e. The van der Waals surface area contributed by atoms with Gasteiger partial charge in [-0.15, -0.1) is 0 Å². The summed E-state index contributed by atoms with van der Waals surface area (Å²) in [7, 11) is 1.73. The van der Waals surface area contributed by atoms with Crippen LogP contribution in [-0.4, -0.2) is 36.0 Å². The Balaban J connectivity index is 2.44. The summed E-state index contributed by atoms with van der Waals surface area (Å²) in [5.74, 6) is 0. The van der Waals surface area contributed by atoms with Crippen molar-refractivity contribution in [2.24, 2.45) is 0 Å². The Bertz CT molecular complexity index is 128. The molecule has 0 aliphatic carbocycles. The van der Waals surface area contributed by atoms with E-state index in [0.717, 1.165) is 5.33 Å². The standard InChI is InChI=1S/C5H8BrNO2/c1-7-3-4(2-6)9-5(7)8/h4H,2-3H2,1H3. The summed E-state index contributed by atoms with van der Waals surface area (Å²) in [6.07, 6.45) is -0.179. The van der Waals surface area contributed by atoms with E-state index in [1.165, 1.54) is 0 Å². The van der Waals surface area contributed by atoms with E-state index in [9.17, 15) is 4.79 Å². The van der Waals surface area contributed by atoms with Crippen LogP contribution in [-0.2, 0) is 4.74 Å². The molecule has 1 fully saturated rings. The number of hydrogen-bond acceptors (Lipinski definition) is 2. The molecule has 1 unspecified atom stereocenters. The predicted molar refractivity (Wildman–Crippen MR) is 36.7 cm³/mol. The Hall–Kier alpha value is -0.250. The second-order valence-electron chi connectivity index (χ2n) is 2.04. The molecule has 0 radical (unpaired) electrons. The first kappa shape index (κ1) is 6.86. The van der Waals surface area contributed by atoms with Crippen molar-refractivity contribution in [2.75, 3.05) is 18.9 Å². The predicted octanol–water partition coefficient (Wildman–Crippen LogP) is 0.832. The highest BCUT2D eigenvalue weighted by Crippen LogP contribution is 2.09. The van der Waals surface area contributed by atoms with Gasteiger partial charge in [0.15, 0.2) is 0 Å². The number of nitrogens with zero attached hydrogens (tertiary/aromatic N) is 1. The molecule has 1 rings (SSSR count). The molecule has 0 aromatic carbocycles. The summed E-state index contributed by atoms with van der Waals surface area (Å²) >= 11 is 3.23. The minimum atomic E-state index is -0.223. The average molecular weight is 194 g/mol. The molecular weight excluding hydrogens is 186 g/mol. The van der Waals surface area contributed by atoms with Crippen molar-refractivity contribution in [3.63, 3.8) is 0 Å². The third-order valence-electron chi connectivity index (χ3n) is 1.23. The van der Waals surface area contributed by atoms with Gasteiger partial charge in [0.2, 0.25) is 0 Å². The Labute approximate surface area is 62.1 Å². The molecule has 0 aromatic heterocycles. The molecule has 0 spiro atoms. The van der Waals surface area contributed by atoms with Crippen LogP contribution in [0.1, 0.15) is 0 Å². The van der Waals surface area contributed by atoms with Gasteiger partial charge in [-0.25, -0.2) is 4.79 Å². The average Bonchev–Trinajstić information content (AvgIpc) is 2.13. The fraction of sp³-hybridized carbons (Fsp3) is 0.800. The first-order valence-corrected chi connectivity index (χ1v) is 3.84. The number of ether oxygens (including phenoxy) is 1. The normalized spacial score (nSPS) is 26.7. The smallest absolute Gasteiger partial charge is 0.409 e. The lowest BCUT2D eigenvalue weighted by Crippen LogP contribution is -2.19. The van der Waals surface area contributed by atoms with E-state index in [1.54, 1.807) is 11.9 Å². The Kier molecular flexibility index (Phi) is 1.95. The first-order chi connectivity index (χ1) is 4.24. The number of cyclic esters (lactones) is 1. The maximum absolute atomic E-state index is 10.6. The zero-order chi connectivity index (χ0) is 6.85. The highest BCUT2D eigenvalue weighted by molar-refractivity contribution is 9.09. The number of likely N-dealkylation sites (N-methyl/N-ethyl adjacent to an activating group) is 1. The van der Waals surface area contributed by atoms with Gasteiger partial charge in [0.25, 0.3) is 0 Å². The number of carbonyl (C=O) groups is 1. The van der Waals surface area contributed by atoms with Crippen LogP contribution < -0.4 is 0 Å². The third-order valence-corrected chi connectivity index (χ3v) is 1.95. The molecule has 1 heterocycles. The topological polar surface area (TPSA) is 29.5 Å². The molecule has 1 saturated heterocycles. The number of rotatable bonds is 1. The van der Waals surface area contributed by atoms with Gasteiger partial charge in [-0.1, -0.05) is 15.9 Å². The summed E-state index contributed by atoms with van der Waals surface area (Å²) in [4.78, 5) is 12.2. The van der Waals surface area contributed by atoms with Crippen molar-refractivity contribution in [3.8, 4) is 0 Å². The van der Waals surface area contributed by atoms with Crippen LogP contribution in [0.3, 0.4) is 0 Å². The third kappa shape index (κ3) is 1.36. The van der Waals surface area contributed by atoms with Crippen LogP contribution >= 0.6 is 15.9 Å². The van der Waals surface area contributed by atoms with Crippen LogP contribution in [0.4, 0.5) is 4.79 Å². The van der Waals surface area contributed by atoms with Crippen LogP contribution in [0.25, 0.3) is 0 Å². The molecule has 1 atom stereocenters. The van der Waals surface area contributed by atoms with Crippen molar-refractivity contribution in [1.82, 2.24) is 4.90 Å². The highest BCUT2D eigenvalue weighted by Gasteiger charge is 2.26. The van der Waals surface area contributed by atoms with Crippen molar-refractivity contribution in [1.29, 1.82) is 0 Å². The van der Waals surface area contributed by atoms with Gasteiger partial charge < -0.3 is 9.64 Å². The van der Waals surface area contributed by atoms with E-state index in [0.29, 0.717) is 6.54 Å². The lowest BCUT2D eigenvalue weighted by Gasteiger charge is -2.00. The van der Waals surface area contributed by atoms with E-state index in [2.05, 4.69) is 15.9 Å². The van der Waals surface area contributed by atoms with E-state index in [4.69, 9.17) is 4.74 Å². The summed E-state index contributed by atoms with van der Waals surface area (Å²) in [5, 5.41) is 0.725. The molecule has 0 bridgehead atoms. The summed E-state index contributed by atoms with van der Waals surface area (Å²) in [6, 6.07) is 0. The molecule has 0 saturated carbocycles. The van der Waals surface area contributed by atoms with Gasteiger partial charge in [0, 0.05) is 12.4 Å². The van der Waals surface area contributed by atoms with Crippen LogP contribution in [0.5, 0.6) is 0 Å². The maximum Gasteiger partial charge on any atom is 0.409 e. The van der Waals surface area contributed by atoms with Crippen LogP contribution in [0.15, 0.2) is 0 Å². The second-order valence-corrected chi connectivity index (χ2v) is 2.69. The maximum atomic E-state index is 10.6. The summed E-state index contributed by atoms with van der Waals surface area (Å²) in [6.45, 7) is 0.698. The molecule has 1 amide bonds. The largest absolute Gasteiger partial charge is 0.443 e. The number of alkyl halides is 1. The molecule has 9 heavy (non-hydrogen) atoms. The van der Waals surface area contributed by atoms with Gasteiger partial charge in [0.1, 0.15) is 6.10 Å². The second kappa shape index (κ2) is 2.56. The van der Waals surface area contributed by atoms with Gasteiger partial charge in [-0.3, -0.25) is 0 Å². The molecular formula is C5H8BrNO2. The van der Waals surface area contributed by atoms with E-state index in [1.807, 2.05) is 0 Å². The number of carbonyl (C=O) groups excluding carboxylic acids is 1. The summed E-state index contributed by atoms with van der Waals surface area (Å²) in [5.41, 5.74) is 0. The molecule has 4 heteroatoms. The quantitative estimate of drug-likeness (QED) is 0.578. The van der Waals surface area contributed by atoms with Crippen molar-refractivity contribution >= 4 is 22.0 Å². The Morgan fingerprint density at radius 3 is 2.89 bits per heavy atom. The zero-order valence-corrected chi connectivity index (χ0v) is 6.72. The Morgan fingerprint density at radius 2 is 2.67 bits per heavy atom. The van der Waals surface area contributed by atoms with Crippen molar-refractivity contribution in [3.05, 3.63) is 0 Å². The lowest BCUT2D eigenvalue weighted by molar-refractivity contribution is 0.142. The van der Waals surface area contributed by atoms with Crippen molar-refractivity contribution in [2.45, 2.75) is 6.10 Å². The molecule has 52 valence electrons. The fourth-order valence-electron chi connectivity index (χ4n) is 0.730. The molecule has 1 aliphatic rings. The number of halogens is 1. The SMILES string of the molecule is CN1CC(CBr)OC1=O. The van der Waals surface area contributed by atoms with Crippen LogP contribution in [0.2, 0.25) is 0 Å².